The Morgan fingerprint density at radius 3 is 2.94 bits per heavy atom. The van der Waals surface area contributed by atoms with E-state index in [4.69, 9.17) is 0 Å². The normalized spacial score (nSPS) is 11.1. The molecule has 0 fully saturated rings. The lowest BCUT2D eigenvalue weighted by atomic mass is 10.3. The third-order valence-electron chi connectivity index (χ3n) is 2.21. The number of thioether (sulfide) groups is 1. The summed E-state index contributed by atoms with van der Waals surface area (Å²) in [5.74, 6) is 0.768. The number of H-pyrrole nitrogens is 1. The summed E-state index contributed by atoms with van der Waals surface area (Å²) < 4.78 is 1.62. The Hall–Kier alpha value is -1.01. The fourth-order valence-electron chi connectivity index (χ4n) is 1.26. The zero-order chi connectivity index (χ0) is 12.8. The number of hydrogen-bond acceptors (Lipinski definition) is 4. The first-order chi connectivity index (χ1) is 8.04. The minimum atomic E-state index is -0.152. The molecule has 1 aromatic heterocycles. The molecule has 0 bridgehead atoms. The molecule has 0 radical (unpaired) electrons. The highest BCUT2D eigenvalue weighted by atomic mass is 32.2. The lowest BCUT2D eigenvalue weighted by Crippen LogP contribution is -2.25. The molecular formula is C11H20N4OS. The molecule has 0 saturated heterocycles. The van der Waals surface area contributed by atoms with Crippen LogP contribution in [0.15, 0.2) is 22.1 Å². The van der Waals surface area contributed by atoms with Crippen molar-refractivity contribution in [2.75, 3.05) is 12.3 Å². The number of nitrogens with one attached hydrogen (secondary N) is 2. The number of rotatable bonds is 7. The van der Waals surface area contributed by atoms with Crippen LogP contribution in [0.3, 0.4) is 0 Å². The van der Waals surface area contributed by atoms with Crippen molar-refractivity contribution >= 4 is 11.8 Å². The van der Waals surface area contributed by atoms with E-state index in [0.717, 1.165) is 23.0 Å². The second kappa shape index (κ2) is 6.66. The van der Waals surface area contributed by atoms with Crippen molar-refractivity contribution in [1.29, 1.82) is 0 Å². The van der Waals surface area contributed by atoms with Crippen LogP contribution in [-0.4, -0.2) is 33.1 Å². The van der Waals surface area contributed by atoms with Crippen LogP contribution < -0.4 is 11.0 Å². The monoisotopic (exact) mass is 256 g/mol. The Morgan fingerprint density at radius 1 is 1.65 bits per heavy atom. The van der Waals surface area contributed by atoms with E-state index in [1.807, 2.05) is 6.92 Å². The lowest BCUT2D eigenvalue weighted by Gasteiger charge is -2.09. The van der Waals surface area contributed by atoms with Crippen molar-refractivity contribution in [2.45, 2.75) is 38.5 Å². The zero-order valence-corrected chi connectivity index (χ0v) is 11.4. The highest BCUT2D eigenvalue weighted by Gasteiger charge is 2.07. The number of nitrogens with zero attached hydrogens (tertiary/aromatic N) is 2. The van der Waals surface area contributed by atoms with E-state index in [2.05, 4.69) is 35.9 Å². The van der Waals surface area contributed by atoms with Crippen LogP contribution in [0.25, 0.3) is 0 Å². The molecule has 2 N–H and O–H groups in total. The van der Waals surface area contributed by atoms with Crippen molar-refractivity contribution in [2.24, 2.45) is 0 Å². The van der Waals surface area contributed by atoms with Gasteiger partial charge in [0.2, 0.25) is 0 Å². The van der Waals surface area contributed by atoms with Crippen LogP contribution in [0.4, 0.5) is 0 Å². The van der Waals surface area contributed by atoms with E-state index < -0.39 is 0 Å². The van der Waals surface area contributed by atoms with Crippen molar-refractivity contribution in [1.82, 2.24) is 20.1 Å². The van der Waals surface area contributed by atoms with Gasteiger partial charge in [-0.25, -0.2) is 9.89 Å². The summed E-state index contributed by atoms with van der Waals surface area (Å²) in [5, 5.41) is 10.5. The van der Waals surface area contributed by atoms with E-state index >= 15 is 0 Å². The van der Waals surface area contributed by atoms with Crippen LogP contribution in [0, 0.1) is 0 Å². The van der Waals surface area contributed by atoms with Gasteiger partial charge in [0, 0.05) is 24.9 Å². The molecule has 5 nitrogen and oxygen atoms in total. The molecule has 1 rings (SSSR count). The quantitative estimate of drug-likeness (QED) is 0.569. The minimum Gasteiger partial charge on any atom is -0.311 e. The molecule has 1 aromatic rings. The second-order valence-electron chi connectivity index (χ2n) is 4.13. The molecular weight excluding hydrogens is 236 g/mol. The molecule has 0 aliphatic heterocycles. The SMILES string of the molecule is C=C(CNC(C)C)CSc1n[nH]c(=O)n1CC. The van der Waals surface area contributed by atoms with Crippen molar-refractivity contribution in [3.8, 4) is 0 Å². The largest absolute Gasteiger partial charge is 0.343 e. The number of aromatic nitrogens is 3. The first kappa shape index (κ1) is 14.1. The lowest BCUT2D eigenvalue weighted by molar-refractivity contribution is 0.622. The standard InChI is InChI=1S/C11H20N4OS/c1-5-15-10(16)13-14-11(15)17-7-9(4)6-12-8(2)3/h8,12H,4-7H2,1-3H3,(H,13,16). The van der Waals surface area contributed by atoms with Gasteiger partial charge in [-0.3, -0.25) is 4.57 Å². The van der Waals surface area contributed by atoms with E-state index in [9.17, 15) is 4.79 Å². The summed E-state index contributed by atoms with van der Waals surface area (Å²) >= 11 is 1.53. The smallest absolute Gasteiger partial charge is 0.311 e. The molecule has 1 heterocycles. The molecule has 0 saturated carbocycles. The van der Waals surface area contributed by atoms with Gasteiger partial charge in [0.1, 0.15) is 0 Å². The molecule has 0 amide bonds. The van der Waals surface area contributed by atoms with Crippen molar-refractivity contribution in [3.05, 3.63) is 22.6 Å². The minimum absolute atomic E-state index is 0.152. The molecule has 96 valence electrons. The summed E-state index contributed by atoms with van der Waals surface area (Å²) in [6, 6.07) is 0.455. The van der Waals surface area contributed by atoms with Gasteiger partial charge in [0.15, 0.2) is 5.16 Å². The summed E-state index contributed by atoms with van der Waals surface area (Å²) in [7, 11) is 0. The average molecular weight is 256 g/mol. The van der Waals surface area contributed by atoms with Crippen LogP contribution in [0.1, 0.15) is 20.8 Å². The summed E-state index contributed by atoms with van der Waals surface area (Å²) in [6.07, 6.45) is 0. The highest BCUT2D eigenvalue weighted by Crippen LogP contribution is 2.15. The second-order valence-corrected chi connectivity index (χ2v) is 5.07. The average Bonchev–Trinajstić information content (AvgIpc) is 2.64. The predicted molar refractivity (Wildman–Crippen MR) is 71.5 cm³/mol. The van der Waals surface area contributed by atoms with E-state index in [1.54, 1.807) is 4.57 Å². The van der Waals surface area contributed by atoms with Crippen LogP contribution >= 0.6 is 11.8 Å². The molecule has 0 aliphatic rings. The van der Waals surface area contributed by atoms with Gasteiger partial charge in [-0.1, -0.05) is 37.8 Å². The molecule has 0 atom stereocenters. The van der Waals surface area contributed by atoms with E-state index in [-0.39, 0.29) is 5.69 Å². The predicted octanol–water partition coefficient (Wildman–Crippen LogP) is 1.24. The molecule has 0 aliphatic carbocycles. The fraction of sp³-hybridized carbons (Fsp3) is 0.636. The molecule has 0 unspecified atom stereocenters. The van der Waals surface area contributed by atoms with Gasteiger partial charge in [-0.15, -0.1) is 5.10 Å². The maximum atomic E-state index is 11.3. The zero-order valence-electron chi connectivity index (χ0n) is 10.6. The molecule has 0 aromatic carbocycles. The Balaban J connectivity index is 2.45. The van der Waals surface area contributed by atoms with Crippen molar-refractivity contribution in [3.63, 3.8) is 0 Å². The van der Waals surface area contributed by atoms with Gasteiger partial charge in [0.25, 0.3) is 0 Å². The van der Waals surface area contributed by atoms with Gasteiger partial charge < -0.3 is 5.32 Å². The Bertz CT molecular complexity index is 421. The van der Waals surface area contributed by atoms with Gasteiger partial charge in [-0.05, 0) is 6.92 Å². The molecule has 0 spiro atoms. The summed E-state index contributed by atoms with van der Waals surface area (Å²) in [4.78, 5) is 11.3. The first-order valence-electron chi connectivity index (χ1n) is 5.72. The van der Waals surface area contributed by atoms with Gasteiger partial charge in [0.05, 0.1) is 0 Å². The van der Waals surface area contributed by atoms with Gasteiger partial charge in [-0.2, -0.15) is 0 Å². The summed E-state index contributed by atoms with van der Waals surface area (Å²) in [6.45, 7) is 11.6. The Kier molecular flexibility index (Phi) is 5.50. The maximum Gasteiger partial charge on any atom is 0.343 e. The van der Waals surface area contributed by atoms with E-state index in [0.29, 0.717) is 12.6 Å². The number of hydrogen-bond donors (Lipinski definition) is 2. The topological polar surface area (TPSA) is 62.7 Å². The summed E-state index contributed by atoms with van der Waals surface area (Å²) in [5.41, 5.74) is 0.947. The van der Waals surface area contributed by atoms with Crippen LogP contribution in [0.2, 0.25) is 0 Å². The highest BCUT2D eigenvalue weighted by molar-refractivity contribution is 7.99. The third kappa shape index (κ3) is 4.40. The maximum absolute atomic E-state index is 11.3. The third-order valence-corrected chi connectivity index (χ3v) is 3.33. The molecule has 6 heteroatoms. The van der Waals surface area contributed by atoms with Gasteiger partial charge >= 0.3 is 5.69 Å². The Labute approximate surface area is 106 Å². The van der Waals surface area contributed by atoms with Crippen LogP contribution in [-0.2, 0) is 6.54 Å². The van der Waals surface area contributed by atoms with Crippen LogP contribution in [0.5, 0.6) is 0 Å². The number of aromatic amines is 1. The fourth-order valence-corrected chi connectivity index (χ4v) is 2.17. The first-order valence-corrected chi connectivity index (χ1v) is 6.71. The van der Waals surface area contributed by atoms with Crippen molar-refractivity contribution < 1.29 is 0 Å². The molecule has 17 heavy (non-hydrogen) atoms. The Morgan fingerprint density at radius 2 is 2.35 bits per heavy atom. The van der Waals surface area contributed by atoms with E-state index in [1.165, 1.54) is 11.8 Å².